The maximum absolute atomic E-state index is 13.2. The number of nitrogens with zero attached hydrogens (tertiary/aromatic N) is 6. The molecule has 0 unspecified atom stereocenters. The lowest BCUT2D eigenvalue weighted by Gasteiger charge is -2.01. The van der Waals surface area contributed by atoms with Crippen molar-refractivity contribution in [3.63, 3.8) is 0 Å². The lowest BCUT2D eigenvalue weighted by Crippen LogP contribution is -2.10. The predicted molar refractivity (Wildman–Crippen MR) is 74.7 cm³/mol. The van der Waals surface area contributed by atoms with Crippen LogP contribution in [-0.2, 0) is 12.4 Å². The Kier molecular flexibility index (Phi) is 3.21. The number of hydrogen-bond acceptors (Lipinski definition) is 5. The minimum Gasteiger partial charge on any atom is -0.265 e. The molecule has 0 aliphatic carbocycles. The van der Waals surface area contributed by atoms with E-state index < -0.39 is 11.2 Å². The first-order valence-corrected chi connectivity index (χ1v) is 7.30. The molecular formula is C11H11ClF2N6S. The number of fused-ring (bicyclic) bond motifs is 1. The van der Waals surface area contributed by atoms with Crippen LogP contribution >= 0.6 is 22.9 Å². The van der Waals surface area contributed by atoms with Gasteiger partial charge in [0.1, 0.15) is 0 Å². The molecule has 0 bridgehead atoms. The molecule has 0 atom stereocenters. The van der Waals surface area contributed by atoms with Crippen molar-refractivity contribution in [2.75, 3.05) is 0 Å². The molecular weight excluding hydrogens is 322 g/mol. The second-order valence-corrected chi connectivity index (χ2v) is 6.29. The molecule has 0 spiro atoms. The topological polar surface area (TPSA) is 60.9 Å². The highest BCUT2D eigenvalue weighted by atomic mass is 35.5. The van der Waals surface area contributed by atoms with E-state index in [0.717, 1.165) is 27.2 Å². The van der Waals surface area contributed by atoms with Crippen LogP contribution in [-0.4, -0.2) is 29.6 Å². The van der Waals surface area contributed by atoms with Gasteiger partial charge in [0.15, 0.2) is 5.01 Å². The molecule has 3 aromatic heterocycles. The summed E-state index contributed by atoms with van der Waals surface area (Å²) in [7, 11) is 1.78. The van der Waals surface area contributed by atoms with Crippen LogP contribution in [0.5, 0.6) is 0 Å². The van der Waals surface area contributed by atoms with Crippen molar-refractivity contribution in [3.8, 4) is 10.7 Å². The Morgan fingerprint density at radius 3 is 2.57 bits per heavy atom. The van der Waals surface area contributed by atoms with Crippen LogP contribution < -0.4 is 0 Å². The fourth-order valence-corrected chi connectivity index (χ4v) is 2.87. The summed E-state index contributed by atoms with van der Waals surface area (Å²) in [5.74, 6) is -0.425. The Bertz CT molecular complexity index is 799. The van der Waals surface area contributed by atoms with Gasteiger partial charge in [0.05, 0.1) is 11.4 Å². The third kappa shape index (κ3) is 2.40. The Balaban J connectivity index is 2.12. The van der Waals surface area contributed by atoms with Gasteiger partial charge in [-0.2, -0.15) is 23.5 Å². The number of hydrogen-bond donors (Lipinski definition) is 0. The van der Waals surface area contributed by atoms with Crippen molar-refractivity contribution >= 4 is 27.9 Å². The first-order valence-electron chi connectivity index (χ1n) is 6.11. The Morgan fingerprint density at radius 2 is 2.00 bits per heavy atom. The Morgan fingerprint density at radius 1 is 1.29 bits per heavy atom. The zero-order chi connectivity index (χ0) is 15.4. The van der Waals surface area contributed by atoms with Crippen molar-refractivity contribution in [1.29, 1.82) is 0 Å². The first kappa shape index (κ1) is 14.3. The summed E-state index contributed by atoms with van der Waals surface area (Å²) in [6.07, 6.45) is 0. The molecule has 0 saturated carbocycles. The Hall–Kier alpha value is -1.61. The van der Waals surface area contributed by atoms with Crippen molar-refractivity contribution in [3.05, 3.63) is 17.6 Å². The van der Waals surface area contributed by atoms with E-state index in [2.05, 4.69) is 20.4 Å². The highest BCUT2D eigenvalue weighted by Gasteiger charge is 2.36. The van der Waals surface area contributed by atoms with Crippen molar-refractivity contribution in [2.45, 2.75) is 25.1 Å². The average Bonchev–Trinajstić information content (AvgIpc) is 2.98. The molecule has 0 amide bonds. The summed E-state index contributed by atoms with van der Waals surface area (Å²) in [5, 5.41) is 12.5. The van der Waals surface area contributed by atoms with Gasteiger partial charge in [0, 0.05) is 7.05 Å². The summed E-state index contributed by atoms with van der Waals surface area (Å²) >= 11 is 6.15. The second-order valence-electron chi connectivity index (χ2n) is 4.86. The molecule has 3 aromatic rings. The van der Waals surface area contributed by atoms with Gasteiger partial charge in [0.25, 0.3) is 0 Å². The van der Waals surface area contributed by atoms with Gasteiger partial charge in [-0.1, -0.05) is 25.2 Å². The second kappa shape index (κ2) is 4.70. The van der Waals surface area contributed by atoms with Gasteiger partial charge in [-0.3, -0.25) is 4.68 Å². The van der Waals surface area contributed by atoms with Gasteiger partial charge >= 0.3 is 5.38 Å². The SMILES string of the molecule is CC(C)c1cc(-c2nn3c(C(F)(F)Cl)nnc3s2)n(C)n1. The minimum absolute atomic E-state index is 0.257. The zero-order valence-corrected chi connectivity index (χ0v) is 13.0. The molecule has 0 saturated heterocycles. The van der Waals surface area contributed by atoms with Crippen LogP contribution in [0.1, 0.15) is 31.3 Å². The van der Waals surface area contributed by atoms with E-state index in [0.29, 0.717) is 5.01 Å². The minimum atomic E-state index is -3.61. The maximum Gasteiger partial charge on any atom is 0.383 e. The molecule has 0 N–H and O–H groups in total. The lowest BCUT2D eigenvalue weighted by atomic mass is 10.1. The van der Waals surface area contributed by atoms with Crippen LogP contribution in [0.15, 0.2) is 6.07 Å². The van der Waals surface area contributed by atoms with Crippen LogP contribution in [0.25, 0.3) is 15.7 Å². The fraction of sp³-hybridized carbons (Fsp3) is 0.455. The van der Waals surface area contributed by atoms with Gasteiger partial charge in [-0.05, 0) is 23.6 Å². The quantitative estimate of drug-likeness (QED) is 0.692. The largest absolute Gasteiger partial charge is 0.383 e. The van der Waals surface area contributed by atoms with Crippen molar-refractivity contribution in [2.24, 2.45) is 7.05 Å². The van der Waals surface area contributed by atoms with E-state index in [1.165, 1.54) is 0 Å². The molecule has 112 valence electrons. The number of alkyl halides is 3. The molecule has 3 heterocycles. The number of aryl methyl sites for hydroxylation is 1. The number of aromatic nitrogens is 6. The third-order valence-corrected chi connectivity index (χ3v) is 4.04. The summed E-state index contributed by atoms with van der Waals surface area (Å²) in [5.41, 5.74) is 1.64. The van der Waals surface area contributed by atoms with E-state index in [1.54, 1.807) is 11.7 Å². The molecule has 0 fully saturated rings. The fourth-order valence-electron chi connectivity index (χ4n) is 1.87. The summed E-state index contributed by atoms with van der Waals surface area (Å²) in [4.78, 5) is 0.257. The van der Waals surface area contributed by atoms with E-state index >= 15 is 0 Å². The maximum atomic E-state index is 13.2. The normalized spacial score (nSPS) is 12.7. The monoisotopic (exact) mass is 332 g/mol. The molecule has 3 rings (SSSR count). The summed E-state index contributed by atoms with van der Waals surface area (Å²) < 4.78 is 29.0. The molecule has 21 heavy (non-hydrogen) atoms. The number of rotatable bonds is 3. The zero-order valence-electron chi connectivity index (χ0n) is 11.4. The van der Waals surface area contributed by atoms with Gasteiger partial charge < -0.3 is 0 Å². The molecule has 0 aliphatic rings. The van der Waals surface area contributed by atoms with Crippen molar-refractivity contribution < 1.29 is 8.78 Å². The van der Waals surface area contributed by atoms with Gasteiger partial charge in [0.2, 0.25) is 10.8 Å². The van der Waals surface area contributed by atoms with Crippen LogP contribution in [0.4, 0.5) is 8.78 Å². The van der Waals surface area contributed by atoms with E-state index in [4.69, 9.17) is 11.6 Å². The predicted octanol–water partition coefficient (Wildman–Crippen LogP) is 3.00. The summed E-state index contributed by atoms with van der Waals surface area (Å²) in [6.45, 7) is 4.05. The van der Waals surface area contributed by atoms with Crippen molar-refractivity contribution in [1.82, 2.24) is 29.6 Å². The molecule has 6 nitrogen and oxygen atoms in total. The standard InChI is InChI=1S/C11H11ClF2N6S/c1-5(2)6-4-7(19(3)17-6)8-18-20-9(11(12,13)14)15-16-10(20)21-8/h4-5H,1-3H3. The highest BCUT2D eigenvalue weighted by Crippen LogP contribution is 2.33. The van der Waals surface area contributed by atoms with Crippen LogP contribution in [0.3, 0.4) is 0 Å². The molecule has 0 radical (unpaired) electrons. The molecule has 10 heteroatoms. The van der Waals surface area contributed by atoms with E-state index in [9.17, 15) is 8.78 Å². The summed E-state index contributed by atoms with van der Waals surface area (Å²) in [6, 6.07) is 1.88. The third-order valence-electron chi connectivity index (χ3n) is 2.95. The van der Waals surface area contributed by atoms with Gasteiger partial charge in [-0.25, -0.2) is 0 Å². The number of halogens is 3. The van der Waals surface area contributed by atoms with E-state index in [-0.39, 0.29) is 10.9 Å². The van der Waals surface area contributed by atoms with Crippen LogP contribution in [0, 0.1) is 0 Å². The smallest absolute Gasteiger partial charge is 0.265 e. The Labute approximate surface area is 127 Å². The molecule has 0 aromatic carbocycles. The average molecular weight is 333 g/mol. The highest BCUT2D eigenvalue weighted by molar-refractivity contribution is 7.19. The van der Waals surface area contributed by atoms with E-state index in [1.807, 2.05) is 19.9 Å². The first-order chi connectivity index (χ1) is 9.77. The van der Waals surface area contributed by atoms with Gasteiger partial charge in [-0.15, -0.1) is 10.2 Å². The lowest BCUT2D eigenvalue weighted by molar-refractivity contribution is 0.0821. The molecule has 0 aliphatic heterocycles. The van der Waals surface area contributed by atoms with Crippen LogP contribution in [0.2, 0.25) is 0 Å².